The van der Waals surface area contributed by atoms with Crippen molar-refractivity contribution >= 4 is 44.1 Å². The van der Waals surface area contributed by atoms with Gasteiger partial charge in [-0.1, -0.05) is 133 Å². The van der Waals surface area contributed by atoms with Gasteiger partial charge in [0.1, 0.15) is 0 Å². The molecule has 0 unspecified atom stereocenters. The molecule has 0 aliphatic carbocycles. The molecule has 0 nitrogen and oxygen atoms in total. The van der Waals surface area contributed by atoms with Gasteiger partial charge in [-0.05, 0) is 72.4 Å². The topological polar surface area (TPSA) is 0 Å². The maximum Gasteiger partial charge on any atom is 0.0207 e. The van der Waals surface area contributed by atoms with Gasteiger partial charge in [0.2, 0.25) is 0 Å². The molecule has 7 aromatic carbocycles. The minimum atomic E-state index is 1.26. The first-order valence-corrected chi connectivity index (χ1v) is 13.5. The highest BCUT2D eigenvalue weighted by Crippen LogP contribution is 2.51. The minimum Gasteiger partial charge on any atom is -0.0888 e. The van der Waals surface area contributed by atoms with Gasteiger partial charge < -0.3 is 0 Å². The zero-order valence-electron chi connectivity index (χ0n) is 20.1. The maximum atomic E-state index is 2.35. The van der Waals surface area contributed by atoms with E-state index in [4.69, 9.17) is 0 Å². The van der Waals surface area contributed by atoms with E-state index in [9.17, 15) is 0 Å². The van der Waals surface area contributed by atoms with Gasteiger partial charge in [0.25, 0.3) is 0 Å². The average molecular weight is 487 g/mol. The van der Waals surface area contributed by atoms with Crippen molar-refractivity contribution in [1.82, 2.24) is 0 Å². The molecule has 7 aromatic rings. The van der Waals surface area contributed by atoms with E-state index < -0.39 is 0 Å². The number of benzene rings is 7. The molecular formula is C36H22S. The van der Waals surface area contributed by atoms with E-state index in [2.05, 4.69) is 133 Å². The fourth-order valence-corrected chi connectivity index (χ4v) is 7.27. The van der Waals surface area contributed by atoms with Gasteiger partial charge in [-0.3, -0.25) is 0 Å². The predicted molar refractivity (Wildman–Crippen MR) is 159 cm³/mol. The van der Waals surface area contributed by atoms with Crippen LogP contribution in [0.2, 0.25) is 0 Å². The number of hydrogen-bond donors (Lipinski definition) is 0. The Morgan fingerprint density at radius 3 is 1.59 bits per heavy atom. The molecule has 1 heteroatoms. The Morgan fingerprint density at radius 2 is 0.865 bits per heavy atom. The Bertz CT molecular complexity index is 1940. The van der Waals surface area contributed by atoms with Gasteiger partial charge in [-0.2, -0.15) is 0 Å². The second kappa shape index (κ2) is 8.09. The van der Waals surface area contributed by atoms with Crippen LogP contribution >= 0.6 is 11.8 Å². The molecule has 8 rings (SSSR count). The van der Waals surface area contributed by atoms with E-state index in [1.807, 2.05) is 11.8 Å². The molecule has 1 aliphatic heterocycles. The lowest BCUT2D eigenvalue weighted by atomic mass is 9.84. The second-order valence-electron chi connectivity index (χ2n) is 9.64. The van der Waals surface area contributed by atoms with E-state index in [0.29, 0.717) is 0 Å². The first-order valence-electron chi connectivity index (χ1n) is 12.7. The smallest absolute Gasteiger partial charge is 0.0207 e. The summed E-state index contributed by atoms with van der Waals surface area (Å²) >= 11 is 1.89. The summed E-state index contributed by atoms with van der Waals surface area (Å²) in [5, 5.41) is 7.86. The average Bonchev–Trinajstić information content (AvgIpc) is 2.97. The summed E-state index contributed by atoms with van der Waals surface area (Å²) in [5.74, 6) is 0. The summed E-state index contributed by atoms with van der Waals surface area (Å²) in [6.45, 7) is 0. The molecule has 1 heterocycles. The molecule has 0 bridgehead atoms. The molecule has 0 amide bonds. The Labute approximate surface area is 220 Å². The van der Waals surface area contributed by atoms with Crippen LogP contribution in [0.25, 0.3) is 65.7 Å². The van der Waals surface area contributed by atoms with Crippen LogP contribution in [0.3, 0.4) is 0 Å². The van der Waals surface area contributed by atoms with Crippen LogP contribution in [-0.2, 0) is 0 Å². The monoisotopic (exact) mass is 486 g/mol. The first kappa shape index (κ1) is 20.8. The van der Waals surface area contributed by atoms with Crippen molar-refractivity contribution in [1.29, 1.82) is 0 Å². The summed E-state index contributed by atoms with van der Waals surface area (Å²) in [6, 6.07) is 48.9. The Morgan fingerprint density at radius 1 is 0.324 bits per heavy atom. The molecule has 0 radical (unpaired) electrons. The van der Waals surface area contributed by atoms with Crippen LogP contribution in [0.1, 0.15) is 0 Å². The summed E-state index contributed by atoms with van der Waals surface area (Å²) < 4.78 is 0. The van der Waals surface area contributed by atoms with Gasteiger partial charge in [0.05, 0.1) is 0 Å². The zero-order chi connectivity index (χ0) is 24.3. The molecule has 0 fully saturated rings. The fourth-order valence-electron chi connectivity index (χ4n) is 6.13. The van der Waals surface area contributed by atoms with E-state index in [1.54, 1.807) is 0 Å². The van der Waals surface area contributed by atoms with Crippen LogP contribution in [0.5, 0.6) is 0 Å². The number of rotatable bonds is 2. The largest absolute Gasteiger partial charge is 0.0888 e. The fraction of sp³-hybridized carbons (Fsp3) is 0. The quantitative estimate of drug-likeness (QED) is 0.219. The summed E-state index contributed by atoms with van der Waals surface area (Å²) in [7, 11) is 0. The van der Waals surface area contributed by atoms with Crippen LogP contribution in [-0.4, -0.2) is 0 Å². The van der Waals surface area contributed by atoms with Gasteiger partial charge >= 0.3 is 0 Å². The summed E-state index contributed by atoms with van der Waals surface area (Å²) in [5.41, 5.74) is 7.84. The normalized spacial score (nSPS) is 12.2. The van der Waals surface area contributed by atoms with Crippen molar-refractivity contribution in [2.24, 2.45) is 0 Å². The van der Waals surface area contributed by atoms with Gasteiger partial charge in [-0.25, -0.2) is 0 Å². The summed E-state index contributed by atoms with van der Waals surface area (Å²) in [4.78, 5) is 2.67. The van der Waals surface area contributed by atoms with Crippen molar-refractivity contribution < 1.29 is 0 Å². The van der Waals surface area contributed by atoms with Crippen molar-refractivity contribution in [3.8, 4) is 33.4 Å². The molecule has 37 heavy (non-hydrogen) atoms. The third-order valence-electron chi connectivity index (χ3n) is 7.66. The van der Waals surface area contributed by atoms with Crippen LogP contribution < -0.4 is 0 Å². The van der Waals surface area contributed by atoms with E-state index in [0.717, 1.165) is 0 Å². The SMILES string of the molecule is c1ccc(-c2c3ccccc3c(-c3ccc4c5c(cccc35)Sc3ccccc3-4)c3ccccc23)cc1. The molecule has 0 saturated heterocycles. The van der Waals surface area contributed by atoms with Crippen molar-refractivity contribution in [2.45, 2.75) is 9.79 Å². The van der Waals surface area contributed by atoms with Crippen molar-refractivity contribution in [3.63, 3.8) is 0 Å². The molecule has 0 saturated carbocycles. The lowest BCUT2D eigenvalue weighted by Crippen LogP contribution is -1.95. The first-order chi connectivity index (χ1) is 18.4. The Hall–Kier alpha value is -4.33. The third-order valence-corrected chi connectivity index (χ3v) is 8.80. The van der Waals surface area contributed by atoms with E-state index in [1.165, 1.54) is 75.5 Å². The minimum absolute atomic E-state index is 1.26. The molecule has 1 aliphatic rings. The summed E-state index contributed by atoms with van der Waals surface area (Å²) in [6.07, 6.45) is 0. The lowest BCUT2D eigenvalue weighted by Gasteiger charge is -2.23. The van der Waals surface area contributed by atoms with Gasteiger partial charge in [0.15, 0.2) is 0 Å². The predicted octanol–water partition coefficient (Wildman–Crippen LogP) is 10.6. The highest BCUT2D eigenvalue weighted by Gasteiger charge is 2.22. The molecule has 172 valence electrons. The maximum absolute atomic E-state index is 2.35. The standard InChI is InChI=1S/C36H22S/c1-2-11-23(12-3-1)34-25-14-4-6-16-27(25)35(28-17-7-5-15-26(28)34)31-22-21-30-24-13-8-9-19-32(24)37-33-20-10-18-29(31)36(30)33/h1-22H. The highest BCUT2D eigenvalue weighted by atomic mass is 32.2. The lowest BCUT2D eigenvalue weighted by molar-refractivity contribution is 1.40. The zero-order valence-corrected chi connectivity index (χ0v) is 20.9. The van der Waals surface area contributed by atoms with E-state index in [-0.39, 0.29) is 0 Å². The number of fused-ring (bicyclic) bond motifs is 4. The van der Waals surface area contributed by atoms with E-state index >= 15 is 0 Å². The van der Waals surface area contributed by atoms with Crippen molar-refractivity contribution in [3.05, 3.63) is 133 Å². The number of hydrogen-bond acceptors (Lipinski definition) is 1. The molecule has 0 aromatic heterocycles. The van der Waals surface area contributed by atoms with Crippen LogP contribution in [0, 0.1) is 0 Å². The molecular weight excluding hydrogens is 464 g/mol. The Balaban J connectivity index is 1.53. The molecule has 0 atom stereocenters. The second-order valence-corrected chi connectivity index (χ2v) is 10.7. The molecule has 0 spiro atoms. The highest BCUT2D eigenvalue weighted by molar-refractivity contribution is 7.99. The van der Waals surface area contributed by atoms with Crippen LogP contribution in [0.4, 0.5) is 0 Å². The third kappa shape index (κ3) is 3.05. The van der Waals surface area contributed by atoms with Crippen LogP contribution in [0.15, 0.2) is 143 Å². The van der Waals surface area contributed by atoms with Gasteiger partial charge in [-0.15, -0.1) is 0 Å². The molecule has 0 N–H and O–H groups in total. The van der Waals surface area contributed by atoms with Crippen molar-refractivity contribution in [2.75, 3.05) is 0 Å². The van der Waals surface area contributed by atoms with Gasteiger partial charge in [0, 0.05) is 15.2 Å². The Kier molecular flexibility index (Phi) is 4.55.